The number of carbonyl (C=O) groups is 1. The summed E-state index contributed by atoms with van der Waals surface area (Å²) in [6, 6.07) is 16.0. The summed E-state index contributed by atoms with van der Waals surface area (Å²) < 4.78 is 5.31. The minimum absolute atomic E-state index is 0.0840. The number of halogens is 1. The van der Waals surface area contributed by atoms with Crippen molar-refractivity contribution in [3.63, 3.8) is 0 Å². The first-order valence-electron chi connectivity index (χ1n) is 6.54. The van der Waals surface area contributed by atoms with Gasteiger partial charge in [0.15, 0.2) is 6.61 Å². The molecule has 0 spiro atoms. The molecule has 0 aliphatic carbocycles. The molecule has 110 valence electrons. The van der Waals surface area contributed by atoms with Gasteiger partial charge in [-0.2, -0.15) is 0 Å². The van der Waals surface area contributed by atoms with E-state index in [1.54, 1.807) is 36.4 Å². The van der Waals surface area contributed by atoms with E-state index in [0.717, 1.165) is 0 Å². The van der Waals surface area contributed by atoms with E-state index in [0.29, 0.717) is 16.3 Å². The zero-order valence-corrected chi connectivity index (χ0v) is 12.1. The van der Waals surface area contributed by atoms with E-state index < -0.39 is 6.10 Å². The Kier molecular flexibility index (Phi) is 5.60. The highest BCUT2D eigenvalue weighted by molar-refractivity contribution is 6.31. The van der Waals surface area contributed by atoms with Crippen molar-refractivity contribution in [2.24, 2.45) is 0 Å². The first-order chi connectivity index (χ1) is 10.2. The lowest BCUT2D eigenvalue weighted by atomic mass is 10.1. The van der Waals surface area contributed by atoms with Gasteiger partial charge in [-0.3, -0.25) is 4.79 Å². The lowest BCUT2D eigenvalue weighted by molar-refractivity contribution is -0.123. The van der Waals surface area contributed by atoms with Crippen molar-refractivity contribution in [2.45, 2.75) is 6.10 Å². The predicted molar refractivity (Wildman–Crippen MR) is 81.4 cm³/mol. The SMILES string of the molecule is O=C(COc1ccccc1)NCC(O)c1ccccc1Cl. The number of nitrogens with one attached hydrogen (secondary N) is 1. The van der Waals surface area contributed by atoms with Gasteiger partial charge in [0.25, 0.3) is 5.91 Å². The highest BCUT2D eigenvalue weighted by Crippen LogP contribution is 2.21. The van der Waals surface area contributed by atoms with Crippen LogP contribution in [0.4, 0.5) is 0 Å². The standard InChI is InChI=1S/C16H16ClNO3/c17-14-9-5-4-8-13(14)15(19)10-18-16(20)11-21-12-6-2-1-3-7-12/h1-9,15,19H,10-11H2,(H,18,20). The second-order valence-corrected chi connectivity index (χ2v) is 4.85. The van der Waals surface area contributed by atoms with Gasteiger partial charge in [0, 0.05) is 17.1 Å². The van der Waals surface area contributed by atoms with Crippen LogP contribution in [0, 0.1) is 0 Å². The zero-order chi connectivity index (χ0) is 15.1. The lowest BCUT2D eigenvalue weighted by Gasteiger charge is -2.14. The molecule has 0 heterocycles. The van der Waals surface area contributed by atoms with Gasteiger partial charge in [0.05, 0.1) is 6.10 Å². The Hall–Kier alpha value is -2.04. The van der Waals surface area contributed by atoms with Crippen LogP contribution in [-0.4, -0.2) is 24.2 Å². The summed E-state index contributed by atoms with van der Waals surface area (Å²) in [5.41, 5.74) is 0.587. The fourth-order valence-electron chi connectivity index (χ4n) is 1.78. The molecule has 0 saturated carbocycles. The molecule has 5 heteroatoms. The Balaban J connectivity index is 1.77. The van der Waals surface area contributed by atoms with E-state index in [-0.39, 0.29) is 19.1 Å². The second-order valence-electron chi connectivity index (χ2n) is 4.44. The summed E-state index contributed by atoms with van der Waals surface area (Å²) in [5.74, 6) is 0.323. The highest BCUT2D eigenvalue weighted by Gasteiger charge is 2.12. The van der Waals surface area contributed by atoms with Crippen molar-refractivity contribution in [3.8, 4) is 5.75 Å². The van der Waals surface area contributed by atoms with E-state index >= 15 is 0 Å². The van der Waals surface area contributed by atoms with Crippen LogP contribution in [0.1, 0.15) is 11.7 Å². The van der Waals surface area contributed by atoms with Crippen LogP contribution in [0.15, 0.2) is 54.6 Å². The van der Waals surface area contributed by atoms with E-state index in [1.807, 2.05) is 18.2 Å². The Bertz CT molecular complexity index is 589. The maximum Gasteiger partial charge on any atom is 0.258 e. The number of aliphatic hydroxyl groups excluding tert-OH is 1. The van der Waals surface area contributed by atoms with Crippen LogP contribution in [-0.2, 0) is 4.79 Å². The first kappa shape index (κ1) is 15.4. The molecule has 1 unspecified atom stereocenters. The molecule has 1 amide bonds. The molecule has 0 fully saturated rings. The number of hydrogen-bond donors (Lipinski definition) is 2. The molecule has 4 nitrogen and oxygen atoms in total. The van der Waals surface area contributed by atoms with Crippen molar-refractivity contribution in [2.75, 3.05) is 13.2 Å². The molecule has 0 aliphatic heterocycles. The van der Waals surface area contributed by atoms with Crippen LogP contribution in [0.3, 0.4) is 0 Å². The first-order valence-corrected chi connectivity index (χ1v) is 6.91. The molecule has 21 heavy (non-hydrogen) atoms. The Morgan fingerprint density at radius 1 is 1.14 bits per heavy atom. The number of ether oxygens (including phenoxy) is 1. The van der Waals surface area contributed by atoms with Gasteiger partial charge in [0.1, 0.15) is 5.75 Å². The number of aliphatic hydroxyl groups is 1. The van der Waals surface area contributed by atoms with Gasteiger partial charge in [-0.15, -0.1) is 0 Å². The summed E-state index contributed by atoms with van der Waals surface area (Å²) in [6.07, 6.45) is -0.848. The maximum atomic E-state index is 11.7. The van der Waals surface area contributed by atoms with Crippen molar-refractivity contribution < 1.29 is 14.6 Å². The van der Waals surface area contributed by atoms with Crippen LogP contribution in [0.5, 0.6) is 5.75 Å². The van der Waals surface area contributed by atoms with Crippen molar-refractivity contribution in [1.82, 2.24) is 5.32 Å². The van der Waals surface area contributed by atoms with Gasteiger partial charge in [-0.25, -0.2) is 0 Å². The summed E-state index contributed by atoms with van der Waals surface area (Å²) in [5, 5.41) is 13.1. The molecule has 0 saturated heterocycles. The van der Waals surface area contributed by atoms with Gasteiger partial charge >= 0.3 is 0 Å². The van der Waals surface area contributed by atoms with E-state index in [9.17, 15) is 9.90 Å². The minimum Gasteiger partial charge on any atom is -0.484 e. The summed E-state index contributed by atoms with van der Waals surface area (Å²) >= 11 is 5.98. The molecule has 2 N–H and O–H groups in total. The lowest BCUT2D eigenvalue weighted by Crippen LogP contribution is -2.32. The van der Waals surface area contributed by atoms with Gasteiger partial charge in [0.2, 0.25) is 0 Å². The summed E-state index contributed by atoms with van der Waals surface area (Å²) in [7, 11) is 0. The molecule has 1 atom stereocenters. The number of benzene rings is 2. The third-order valence-electron chi connectivity index (χ3n) is 2.87. The molecule has 0 radical (unpaired) electrons. The number of amides is 1. The largest absolute Gasteiger partial charge is 0.484 e. The molecule has 0 aromatic heterocycles. The van der Waals surface area contributed by atoms with Crippen molar-refractivity contribution >= 4 is 17.5 Å². The smallest absolute Gasteiger partial charge is 0.258 e. The average Bonchev–Trinajstić information content (AvgIpc) is 2.52. The molecule has 2 aromatic carbocycles. The Labute approximate surface area is 128 Å². The van der Waals surface area contributed by atoms with Crippen molar-refractivity contribution in [3.05, 3.63) is 65.2 Å². The monoisotopic (exact) mass is 305 g/mol. The van der Waals surface area contributed by atoms with Crippen molar-refractivity contribution in [1.29, 1.82) is 0 Å². The van der Waals surface area contributed by atoms with E-state index in [1.165, 1.54) is 0 Å². The van der Waals surface area contributed by atoms with Crippen LogP contribution < -0.4 is 10.1 Å². The fraction of sp³-hybridized carbons (Fsp3) is 0.188. The normalized spacial score (nSPS) is 11.7. The van der Waals surface area contributed by atoms with Gasteiger partial charge in [-0.1, -0.05) is 48.0 Å². The third-order valence-corrected chi connectivity index (χ3v) is 3.21. The van der Waals surface area contributed by atoms with Gasteiger partial charge < -0.3 is 15.2 Å². The zero-order valence-electron chi connectivity index (χ0n) is 11.3. The topological polar surface area (TPSA) is 58.6 Å². The Morgan fingerprint density at radius 2 is 1.81 bits per heavy atom. The van der Waals surface area contributed by atoms with E-state index in [4.69, 9.17) is 16.3 Å². The number of rotatable bonds is 6. The highest BCUT2D eigenvalue weighted by atomic mass is 35.5. The van der Waals surface area contributed by atoms with Crippen LogP contribution in [0.25, 0.3) is 0 Å². The summed E-state index contributed by atoms with van der Waals surface area (Å²) in [6.45, 7) is -0.0139. The fourth-order valence-corrected chi connectivity index (χ4v) is 2.04. The molecule has 0 aliphatic rings. The third kappa shape index (κ3) is 4.77. The number of carbonyl (C=O) groups excluding carboxylic acids is 1. The average molecular weight is 306 g/mol. The molecule has 2 rings (SSSR count). The molecule has 2 aromatic rings. The van der Waals surface area contributed by atoms with Gasteiger partial charge in [-0.05, 0) is 18.2 Å². The number of hydrogen-bond acceptors (Lipinski definition) is 3. The van der Waals surface area contributed by atoms with E-state index in [2.05, 4.69) is 5.32 Å². The van der Waals surface area contributed by atoms with Crippen LogP contribution in [0.2, 0.25) is 5.02 Å². The molecule has 0 bridgehead atoms. The predicted octanol–water partition coefficient (Wildman–Crippen LogP) is 2.57. The molecular weight excluding hydrogens is 290 g/mol. The number of para-hydroxylation sites is 1. The molecular formula is C16H16ClNO3. The quantitative estimate of drug-likeness (QED) is 0.862. The van der Waals surface area contributed by atoms with Crippen LogP contribution >= 0.6 is 11.6 Å². The maximum absolute atomic E-state index is 11.7. The summed E-state index contributed by atoms with van der Waals surface area (Å²) in [4.78, 5) is 11.7. The minimum atomic E-state index is -0.848. The Morgan fingerprint density at radius 3 is 2.52 bits per heavy atom. The second kappa shape index (κ2) is 7.67.